The molecule has 0 saturated carbocycles. The van der Waals surface area contributed by atoms with Crippen LogP contribution in [0.2, 0.25) is 0 Å². The number of hydrogen-bond donors (Lipinski definition) is 3. The minimum absolute atomic E-state index is 0.0414. The molecule has 0 spiro atoms. The first-order chi connectivity index (χ1) is 28.0. The Hall–Kier alpha value is -5.78. The van der Waals surface area contributed by atoms with E-state index in [1.165, 1.54) is 0 Å². The lowest BCUT2D eigenvalue weighted by atomic mass is 10.1. The number of alkyl halides is 4. The maximum atomic E-state index is 15.0. The highest BCUT2D eigenvalue weighted by molar-refractivity contribution is 5.83. The van der Waals surface area contributed by atoms with E-state index in [2.05, 4.69) is 15.3 Å². The second-order valence-corrected chi connectivity index (χ2v) is 13.2. The minimum atomic E-state index is -4.09. The van der Waals surface area contributed by atoms with Crippen molar-refractivity contribution in [2.45, 2.75) is 94.4 Å². The lowest BCUT2D eigenvalue weighted by Crippen LogP contribution is -2.42. The summed E-state index contributed by atoms with van der Waals surface area (Å²) >= 11 is 0. The van der Waals surface area contributed by atoms with Gasteiger partial charge in [0.2, 0.25) is 12.5 Å². The van der Waals surface area contributed by atoms with Gasteiger partial charge in [-0.15, -0.1) is 0 Å². The van der Waals surface area contributed by atoms with Gasteiger partial charge >= 0.3 is 47.2 Å². The molecule has 1 aromatic carbocycles. The van der Waals surface area contributed by atoms with Gasteiger partial charge in [-0.05, 0) is 24.1 Å². The Morgan fingerprint density at radius 3 is 1.83 bits per heavy atom. The fourth-order valence-electron chi connectivity index (χ4n) is 5.68. The predicted molar refractivity (Wildman–Crippen MR) is 188 cm³/mol. The zero-order chi connectivity index (χ0) is 42.9. The number of aliphatic hydroxyl groups is 2. The highest BCUT2D eigenvalue weighted by atomic mass is 19.3. The summed E-state index contributed by atoms with van der Waals surface area (Å²) < 4.78 is 90.8. The molecule has 320 valence electrons. The standard InChI is InChI=1S/C36H39F4N5O14/c1-2-3-15-54-34(53)43-24-12-14-45(33(52)42-24)31-36(39,40)29(50)23(59-31)19-57-26(47)10-9-25(46)56-18-22-28(49)35(37,38)30(58-22)44-13-11-21(41-32(44)51)16-27(48)55-17-20-7-5-4-6-8-20/h4-8,11-14,22-23,28-31,49-50H,2-3,9-10,15-19H2,1H3,(H,42,43,52,53)/t22-,23+,28-,29+,30-,31+/m1/s1. The maximum absolute atomic E-state index is 15.0. The quantitative estimate of drug-likeness (QED) is 0.0759. The van der Waals surface area contributed by atoms with Gasteiger partial charge in [-0.25, -0.2) is 14.4 Å². The number of aliphatic hydroxyl groups excluding tert-OH is 2. The number of benzene rings is 1. The van der Waals surface area contributed by atoms with Crippen molar-refractivity contribution in [2.24, 2.45) is 0 Å². The third kappa shape index (κ3) is 11.0. The summed E-state index contributed by atoms with van der Waals surface area (Å²) in [5, 5.41) is 22.6. The third-order valence-corrected chi connectivity index (χ3v) is 8.86. The molecule has 2 aliphatic heterocycles. The molecule has 3 N–H and O–H groups in total. The molecule has 59 heavy (non-hydrogen) atoms. The van der Waals surface area contributed by atoms with Crippen LogP contribution in [-0.2, 0) is 55.8 Å². The molecule has 1 amide bonds. The molecule has 0 bridgehead atoms. The lowest BCUT2D eigenvalue weighted by molar-refractivity contribution is -0.157. The summed E-state index contributed by atoms with van der Waals surface area (Å²) in [7, 11) is 0. The maximum Gasteiger partial charge on any atom is 0.412 e. The predicted octanol–water partition coefficient (Wildman–Crippen LogP) is 1.79. The van der Waals surface area contributed by atoms with E-state index in [0.717, 1.165) is 30.9 Å². The average molecular weight is 842 g/mol. The minimum Gasteiger partial charge on any atom is -0.463 e. The number of aromatic nitrogens is 4. The van der Waals surface area contributed by atoms with Crippen molar-refractivity contribution in [3.63, 3.8) is 0 Å². The van der Waals surface area contributed by atoms with Gasteiger partial charge in [0.15, 0.2) is 12.2 Å². The van der Waals surface area contributed by atoms with E-state index in [9.17, 15) is 47.8 Å². The molecule has 23 heteroatoms. The van der Waals surface area contributed by atoms with Crippen LogP contribution >= 0.6 is 0 Å². The van der Waals surface area contributed by atoms with Crippen LogP contribution in [0.4, 0.5) is 28.2 Å². The number of halogens is 4. The number of nitrogens with one attached hydrogen (secondary N) is 1. The molecule has 19 nitrogen and oxygen atoms in total. The van der Waals surface area contributed by atoms with Gasteiger partial charge in [0.05, 0.1) is 31.6 Å². The van der Waals surface area contributed by atoms with Crippen molar-refractivity contribution in [1.82, 2.24) is 19.1 Å². The van der Waals surface area contributed by atoms with Gasteiger partial charge in [-0.1, -0.05) is 43.7 Å². The fraction of sp³-hybridized carbons (Fsp3) is 0.500. The van der Waals surface area contributed by atoms with Crippen molar-refractivity contribution in [2.75, 3.05) is 25.1 Å². The van der Waals surface area contributed by atoms with Crippen LogP contribution in [0.5, 0.6) is 0 Å². The molecule has 5 rings (SSSR count). The number of carbonyl (C=O) groups excluding carboxylic acids is 4. The monoisotopic (exact) mass is 841 g/mol. The first kappa shape index (κ1) is 44.3. The summed E-state index contributed by atoms with van der Waals surface area (Å²) in [5.74, 6) is -11.5. The molecule has 0 radical (unpaired) electrons. The van der Waals surface area contributed by atoms with Crippen LogP contribution in [-0.4, -0.2) is 109 Å². The highest BCUT2D eigenvalue weighted by Crippen LogP contribution is 2.43. The van der Waals surface area contributed by atoms with Gasteiger partial charge < -0.3 is 38.6 Å². The van der Waals surface area contributed by atoms with E-state index in [0.29, 0.717) is 21.1 Å². The van der Waals surface area contributed by atoms with E-state index in [-0.39, 0.29) is 24.7 Å². The van der Waals surface area contributed by atoms with Gasteiger partial charge in [-0.2, -0.15) is 27.5 Å². The number of unbranched alkanes of at least 4 members (excludes halogenated alkanes) is 1. The van der Waals surface area contributed by atoms with Gasteiger partial charge in [0, 0.05) is 12.4 Å². The Bertz CT molecular complexity index is 2090. The first-order valence-electron chi connectivity index (χ1n) is 18.1. The second kappa shape index (κ2) is 19.3. The average Bonchev–Trinajstić information content (AvgIpc) is 3.56. The largest absolute Gasteiger partial charge is 0.463 e. The zero-order valence-corrected chi connectivity index (χ0v) is 31.1. The number of hydrogen-bond acceptors (Lipinski definition) is 16. The van der Waals surface area contributed by atoms with Crippen LogP contribution in [0.1, 0.15) is 56.3 Å². The van der Waals surface area contributed by atoms with E-state index in [1.54, 1.807) is 30.3 Å². The van der Waals surface area contributed by atoms with Crippen molar-refractivity contribution >= 4 is 29.8 Å². The van der Waals surface area contributed by atoms with E-state index < -0.39 is 117 Å². The molecule has 0 aliphatic carbocycles. The zero-order valence-electron chi connectivity index (χ0n) is 31.1. The summed E-state index contributed by atoms with van der Waals surface area (Å²) in [4.78, 5) is 80.9. The first-order valence-corrected chi connectivity index (χ1v) is 18.1. The van der Waals surface area contributed by atoms with Gasteiger partial charge in [-0.3, -0.25) is 28.8 Å². The van der Waals surface area contributed by atoms with Crippen LogP contribution < -0.4 is 16.7 Å². The third-order valence-electron chi connectivity index (χ3n) is 8.86. The molecule has 2 aliphatic rings. The number of ether oxygens (including phenoxy) is 6. The molecule has 6 atom stereocenters. The van der Waals surface area contributed by atoms with Crippen LogP contribution in [0, 0.1) is 0 Å². The van der Waals surface area contributed by atoms with Crippen molar-refractivity contribution in [3.8, 4) is 0 Å². The Morgan fingerprint density at radius 2 is 1.31 bits per heavy atom. The summed E-state index contributed by atoms with van der Waals surface area (Å²) in [5.41, 5.74) is -1.90. The van der Waals surface area contributed by atoms with Crippen molar-refractivity contribution in [1.29, 1.82) is 0 Å². The number of rotatable bonds is 17. The van der Waals surface area contributed by atoms with Crippen LogP contribution in [0.25, 0.3) is 0 Å². The molecule has 2 aromatic heterocycles. The Morgan fingerprint density at radius 1 is 0.763 bits per heavy atom. The fourth-order valence-corrected chi connectivity index (χ4v) is 5.68. The summed E-state index contributed by atoms with van der Waals surface area (Å²) in [6.07, 6.45) is -13.3. The van der Waals surface area contributed by atoms with Crippen LogP contribution in [0.15, 0.2) is 64.4 Å². The molecule has 0 unspecified atom stereocenters. The van der Waals surface area contributed by atoms with E-state index in [4.69, 9.17) is 28.4 Å². The molecule has 2 fully saturated rings. The molecular formula is C36H39F4N5O14. The number of anilines is 1. The normalized spacial score (nSPS) is 23.0. The topological polar surface area (TPSA) is 246 Å². The molecule has 3 aromatic rings. The molecule has 2 saturated heterocycles. The molecule has 4 heterocycles. The van der Waals surface area contributed by atoms with Gasteiger partial charge in [0.1, 0.15) is 37.8 Å². The molecular weight excluding hydrogens is 802 g/mol. The SMILES string of the molecule is CCCCOC(=O)Nc1ccn([C@H]2O[C@@H](COC(=O)CCC(=O)OC[C@H]3O[C@@H](n4ccc(CC(=O)OCc5ccccc5)nc4=O)C(F)(F)[C@@H]3O)[C@H](O)C2(F)F)c(=O)n1. The Labute approximate surface area is 330 Å². The van der Waals surface area contributed by atoms with E-state index in [1.807, 2.05) is 6.92 Å². The number of nitrogens with zero attached hydrogens (tertiary/aromatic N) is 4. The van der Waals surface area contributed by atoms with Crippen LogP contribution in [0.3, 0.4) is 0 Å². The number of esters is 3. The van der Waals surface area contributed by atoms with Crippen molar-refractivity contribution in [3.05, 3.63) is 87.1 Å². The highest BCUT2D eigenvalue weighted by Gasteiger charge is 2.61. The smallest absolute Gasteiger partial charge is 0.412 e. The van der Waals surface area contributed by atoms with Crippen molar-refractivity contribution < 1.29 is 75.4 Å². The van der Waals surface area contributed by atoms with E-state index >= 15 is 8.78 Å². The summed E-state index contributed by atoms with van der Waals surface area (Å²) in [6, 6.07) is 10.9. The number of carbonyl (C=O) groups is 4. The lowest BCUT2D eigenvalue weighted by Gasteiger charge is -2.21. The number of amides is 1. The van der Waals surface area contributed by atoms with Gasteiger partial charge in [0.25, 0.3) is 0 Å². The second-order valence-electron chi connectivity index (χ2n) is 13.2. The Kier molecular flexibility index (Phi) is 14.5. The summed E-state index contributed by atoms with van der Waals surface area (Å²) in [6.45, 7) is 0.0396. The Balaban J connectivity index is 1.06.